The van der Waals surface area contributed by atoms with E-state index in [-0.39, 0.29) is 0 Å². The third-order valence-electron chi connectivity index (χ3n) is 2.61. The second-order valence-corrected chi connectivity index (χ2v) is 4.65. The molecule has 0 heterocycles. The van der Waals surface area contributed by atoms with E-state index in [1.807, 2.05) is 12.1 Å². The first-order valence-corrected chi connectivity index (χ1v) is 6.49. The molecule has 0 aliphatic carbocycles. The number of nitrogens with zero attached hydrogens (tertiary/aromatic N) is 1. The zero-order valence-corrected chi connectivity index (χ0v) is 12.3. The molecule has 0 aliphatic rings. The quantitative estimate of drug-likeness (QED) is 0.690. The molecule has 0 atom stereocenters. The van der Waals surface area contributed by atoms with Gasteiger partial charge >= 0.3 is 0 Å². The molecule has 0 amide bonds. The van der Waals surface area contributed by atoms with E-state index in [9.17, 15) is 4.79 Å². The predicted octanol–water partition coefficient (Wildman–Crippen LogP) is 2.36. The van der Waals surface area contributed by atoms with Crippen LogP contribution >= 0.6 is 15.9 Å². The topological polar surface area (TPSA) is 38.8 Å². The summed E-state index contributed by atoms with van der Waals surface area (Å²) in [4.78, 5) is 12.9. The highest BCUT2D eigenvalue weighted by atomic mass is 79.9. The van der Waals surface area contributed by atoms with Gasteiger partial charge in [0.05, 0.1) is 13.2 Å². The molecule has 0 aliphatic heterocycles. The van der Waals surface area contributed by atoms with Crippen molar-refractivity contribution in [2.75, 3.05) is 45.4 Å². The van der Waals surface area contributed by atoms with Crippen molar-refractivity contribution in [3.8, 4) is 0 Å². The lowest BCUT2D eigenvalue weighted by molar-refractivity contribution is 0.112. The SMILES string of the molecule is COCCN(CCOC)c1ccc(C=O)c(Br)c1. The minimum Gasteiger partial charge on any atom is -0.383 e. The maximum absolute atomic E-state index is 10.8. The van der Waals surface area contributed by atoms with Gasteiger partial charge in [0.15, 0.2) is 6.29 Å². The molecular formula is C13H18BrNO3. The number of benzene rings is 1. The first-order chi connectivity index (χ1) is 8.72. The van der Waals surface area contributed by atoms with Crippen LogP contribution in [-0.2, 0) is 9.47 Å². The van der Waals surface area contributed by atoms with Gasteiger partial charge in [-0.3, -0.25) is 4.79 Å². The van der Waals surface area contributed by atoms with Gasteiger partial charge in [-0.05, 0) is 34.1 Å². The normalized spacial score (nSPS) is 10.4. The summed E-state index contributed by atoms with van der Waals surface area (Å²) in [6.07, 6.45) is 0.836. The zero-order valence-electron chi connectivity index (χ0n) is 10.7. The average Bonchev–Trinajstić information content (AvgIpc) is 2.39. The van der Waals surface area contributed by atoms with E-state index in [0.29, 0.717) is 18.8 Å². The summed E-state index contributed by atoms with van der Waals surface area (Å²) in [6.45, 7) is 2.87. The zero-order chi connectivity index (χ0) is 13.4. The minimum atomic E-state index is 0.650. The van der Waals surface area contributed by atoms with E-state index in [1.165, 1.54) is 0 Å². The van der Waals surface area contributed by atoms with Crippen LogP contribution in [0.1, 0.15) is 10.4 Å². The van der Waals surface area contributed by atoms with Crippen molar-refractivity contribution in [2.24, 2.45) is 0 Å². The van der Waals surface area contributed by atoms with Gasteiger partial charge in [-0.1, -0.05) is 0 Å². The molecule has 5 heteroatoms. The summed E-state index contributed by atoms with van der Waals surface area (Å²) in [5.74, 6) is 0. The van der Waals surface area contributed by atoms with Crippen LogP contribution in [-0.4, -0.2) is 46.8 Å². The number of ether oxygens (including phenoxy) is 2. The number of hydrogen-bond acceptors (Lipinski definition) is 4. The van der Waals surface area contributed by atoms with Crippen LogP contribution in [0.3, 0.4) is 0 Å². The van der Waals surface area contributed by atoms with Gasteiger partial charge < -0.3 is 14.4 Å². The number of rotatable bonds is 8. The second-order valence-electron chi connectivity index (χ2n) is 3.80. The van der Waals surface area contributed by atoms with Crippen molar-refractivity contribution in [1.29, 1.82) is 0 Å². The maximum Gasteiger partial charge on any atom is 0.151 e. The average molecular weight is 316 g/mol. The molecular weight excluding hydrogens is 298 g/mol. The number of anilines is 1. The summed E-state index contributed by atoms with van der Waals surface area (Å²) in [6, 6.07) is 5.67. The molecule has 0 saturated carbocycles. The lowest BCUT2D eigenvalue weighted by Crippen LogP contribution is -2.30. The Morgan fingerprint density at radius 3 is 2.28 bits per heavy atom. The molecule has 0 aromatic heterocycles. The van der Waals surface area contributed by atoms with Gasteiger partial charge in [-0.15, -0.1) is 0 Å². The molecule has 18 heavy (non-hydrogen) atoms. The molecule has 0 saturated heterocycles. The number of carbonyl (C=O) groups excluding carboxylic acids is 1. The lowest BCUT2D eigenvalue weighted by atomic mass is 10.2. The van der Waals surface area contributed by atoms with Crippen LogP contribution in [0.5, 0.6) is 0 Å². The van der Waals surface area contributed by atoms with Gasteiger partial charge in [0.25, 0.3) is 0 Å². The molecule has 4 nitrogen and oxygen atoms in total. The predicted molar refractivity (Wildman–Crippen MR) is 75.5 cm³/mol. The molecule has 0 bridgehead atoms. The van der Waals surface area contributed by atoms with Gasteiger partial charge in [-0.25, -0.2) is 0 Å². The molecule has 0 radical (unpaired) electrons. The van der Waals surface area contributed by atoms with Crippen molar-refractivity contribution >= 4 is 27.9 Å². The highest BCUT2D eigenvalue weighted by molar-refractivity contribution is 9.10. The van der Waals surface area contributed by atoms with Crippen molar-refractivity contribution in [3.63, 3.8) is 0 Å². The Kier molecular flexibility index (Phi) is 6.93. The number of halogens is 1. The van der Waals surface area contributed by atoms with Crippen LogP contribution in [0.4, 0.5) is 5.69 Å². The van der Waals surface area contributed by atoms with Crippen LogP contribution in [0.25, 0.3) is 0 Å². The smallest absolute Gasteiger partial charge is 0.151 e. The summed E-state index contributed by atoms with van der Waals surface area (Å²) >= 11 is 3.39. The number of carbonyl (C=O) groups is 1. The number of methoxy groups -OCH3 is 2. The molecule has 0 fully saturated rings. The van der Waals surface area contributed by atoms with Crippen molar-refractivity contribution < 1.29 is 14.3 Å². The van der Waals surface area contributed by atoms with E-state index in [0.717, 1.165) is 29.5 Å². The Bertz CT molecular complexity index is 376. The minimum absolute atomic E-state index is 0.650. The fourth-order valence-corrected chi connectivity index (χ4v) is 2.04. The summed E-state index contributed by atoms with van der Waals surface area (Å²) in [5.41, 5.74) is 1.69. The largest absolute Gasteiger partial charge is 0.383 e. The Morgan fingerprint density at radius 2 is 1.83 bits per heavy atom. The third kappa shape index (κ3) is 4.40. The number of hydrogen-bond donors (Lipinski definition) is 0. The molecule has 1 aromatic rings. The van der Waals surface area contributed by atoms with E-state index in [4.69, 9.17) is 9.47 Å². The van der Waals surface area contributed by atoms with Gasteiger partial charge in [0.2, 0.25) is 0 Å². The monoisotopic (exact) mass is 315 g/mol. The van der Waals surface area contributed by atoms with Crippen molar-refractivity contribution in [1.82, 2.24) is 0 Å². The van der Waals surface area contributed by atoms with E-state index in [1.54, 1.807) is 20.3 Å². The Balaban J connectivity index is 2.82. The second kappa shape index (κ2) is 8.24. The van der Waals surface area contributed by atoms with E-state index < -0.39 is 0 Å². The van der Waals surface area contributed by atoms with Gasteiger partial charge in [0.1, 0.15) is 0 Å². The Hall–Kier alpha value is -0.910. The summed E-state index contributed by atoms with van der Waals surface area (Å²) in [5, 5.41) is 0. The highest BCUT2D eigenvalue weighted by Crippen LogP contribution is 2.23. The standard InChI is InChI=1S/C13H18BrNO3/c1-17-7-5-15(6-8-18-2)12-4-3-11(10-16)13(14)9-12/h3-4,9-10H,5-8H2,1-2H3. The van der Waals surface area contributed by atoms with Gasteiger partial charge in [-0.2, -0.15) is 0 Å². The Morgan fingerprint density at radius 1 is 1.22 bits per heavy atom. The van der Waals surface area contributed by atoms with E-state index >= 15 is 0 Å². The van der Waals surface area contributed by atoms with Crippen LogP contribution in [0.15, 0.2) is 22.7 Å². The van der Waals surface area contributed by atoms with E-state index in [2.05, 4.69) is 20.8 Å². The number of aldehydes is 1. The molecule has 0 spiro atoms. The molecule has 0 unspecified atom stereocenters. The summed E-state index contributed by atoms with van der Waals surface area (Å²) < 4.78 is 11.0. The molecule has 0 N–H and O–H groups in total. The lowest BCUT2D eigenvalue weighted by Gasteiger charge is -2.24. The highest BCUT2D eigenvalue weighted by Gasteiger charge is 2.08. The van der Waals surface area contributed by atoms with Crippen molar-refractivity contribution in [3.05, 3.63) is 28.2 Å². The fourth-order valence-electron chi connectivity index (χ4n) is 1.58. The van der Waals surface area contributed by atoms with Crippen LogP contribution < -0.4 is 4.90 Å². The molecule has 1 rings (SSSR count). The van der Waals surface area contributed by atoms with Crippen LogP contribution in [0, 0.1) is 0 Å². The maximum atomic E-state index is 10.8. The first kappa shape index (κ1) is 15.1. The van der Waals surface area contributed by atoms with Crippen molar-refractivity contribution in [2.45, 2.75) is 0 Å². The fraction of sp³-hybridized carbons (Fsp3) is 0.462. The summed E-state index contributed by atoms with van der Waals surface area (Å²) in [7, 11) is 3.36. The molecule has 100 valence electrons. The molecule has 1 aromatic carbocycles. The Labute approximate surface area is 116 Å². The first-order valence-electron chi connectivity index (χ1n) is 5.70. The van der Waals surface area contributed by atoms with Gasteiger partial charge in [0, 0.05) is 43.0 Å². The van der Waals surface area contributed by atoms with Crippen LogP contribution in [0.2, 0.25) is 0 Å². The third-order valence-corrected chi connectivity index (χ3v) is 3.29.